The lowest BCUT2D eigenvalue weighted by Gasteiger charge is -2.36. The molecular weight excluding hydrogens is 266 g/mol. The van der Waals surface area contributed by atoms with Crippen LogP contribution in [0.15, 0.2) is 36.7 Å². The molecule has 1 aliphatic rings. The summed E-state index contributed by atoms with van der Waals surface area (Å²) in [5.41, 5.74) is 8.48. The normalized spacial score (nSPS) is 15.3. The fraction of sp³-hybridized carbons (Fsp3) is 0.333. The molecule has 0 aliphatic carbocycles. The lowest BCUT2D eigenvalue weighted by atomic mass is 10.2. The number of para-hydroxylation sites is 2. The van der Waals surface area contributed by atoms with Crippen molar-refractivity contribution in [3.05, 3.63) is 42.2 Å². The van der Waals surface area contributed by atoms with Gasteiger partial charge in [-0.1, -0.05) is 12.1 Å². The van der Waals surface area contributed by atoms with E-state index in [1.807, 2.05) is 36.2 Å². The molecule has 0 radical (unpaired) electrons. The van der Waals surface area contributed by atoms with Crippen LogP contribution in [-0.2, 0) is 7.05 Å². The van der Waals surface area contributed by atoms with Crippen molar-refractivity contribution in [3.8, 4) is 0 Å². The quantitative estimate of drug-likeness (QED) is 0.835. The van der Waals surface area contributed by atoms with Crippen LogP contribution in [0.25, 0.3) is 0 Å². The van der Waals surface area contributed by atoms with Crippen LogP contribution < -0.4 is 10.6 Å². The van der Waals surface area contributed by atoms with Gasteiger partial charge in [-0.25, -0.2) is 0 Å². The van der Waals surface area contributed by atoms with Crippen LogP contribution in [0.5, 0.6) is 0 Å². The molecule has 21 heavy (non-hydrogen) atoms. The number of nitrogen functional groups attached to an aromatic ring is 1. The third kappa shape index (κ3) is 2.69. The van der Waals surface area contributed by atoms with E-state index in [1.165, 1.54) is 0 Å². The number of hydrogen-bond donors (Lipinski definition) is 1. The van der Waals surface area contributed by atoms with Gasteiger partial charge in [-0.05, 0) is 12.1 Å². The predicted molar refractivity (Wildman–Crippen MR) is 82.2 cm³/mol. The van der Waals surface area contributed by atoms with Gasteiger partial charge >= 0.3 is 0 Å². The SMILES string of the molecule is Cn1cc(C(=O)N2CCN(c3ccccc3N)CC2)cn1. The van der Waals surface area contributed by atoms with E-state index >= 15 is 0 Å². The number of benzene rings is 1. The highest BCUT2D eigenvalue weighted by Crippen LogP contribution is 2.23. The Kier molecular flexibility index (Phi) is 3.51. The first-order valence-electron chi connectivity index (χ1n) is 7.02. The number of nitrogens with two attached hydrogens (primary N) is 1. The van der Waals surface area contributed by atoms with Gasteiger partial charge in [0.2, 0.25) is 0 Å². The van der Waals surface area contributed by atoms with Crippen LogP contribution in [0.2, 0.25) is 0 Å². The molecule has 0 unspecified atom stereocenters. The monoisotopic (exact) mass is 285 g/mol. The number of nitrogens with zero attached hydrogens (tertiary/aromatic N) is 4. The number of aromatic nitrogens is 2. The predicted octanol–water partition coefficient (Wildman–Crippen LogP) is 0.965. The number of carbonyl (C=O) groups excluding carboxylic acids is 1. The molecule has 2 aromatic rings. The molecule has 1 aromatic carbocycles. The minimum atomic E-state index is 0.0452. The second-order valence-corrected chi connectivity index (χ2v) is 5.24. The summed E-state index contributed by atoms with van der Waals surface area (Å²) in [5.74, 6) is 0.0452. The maximum atomic E-state index is 12.4. The van der Waals surface area contributed by atoms with Gasteiger partial charge in [0.05, 0.1) is 23.1 Å². The number of aryl methyl sites for hydroxylation is 1. The highest BCUT2D eigenvalue weighted by molar-refractivity contribution is 5.93. The first-order valence-corrected chi connectivity index (χ1v) is 7.02. The van der Waals surface area contributed by atoms with E-state index in [4.69, 9.17) is 5.73 Å². The van der Waals surface area contributed by atoms with E-state index in [1.54, 1.807) is 17.1 Å². The summed E-state index contributed by atoms with van der Waals surface area (Å²) in [6, 6.07) is 7.84. The molecule has 0 spiro atoms. The number of amides is 1. The standard InChI is InChI=1S/C15H19N5O/c1-18-11-12(10-17-18)15(21)20-8-6-19(7-9-20)14-5-3-2-4-13(14)16/h2-5,10-11H,6-9,16H2,1H3. The Morgan fingerprint density at radius 3 is 2.52 bits per heavy atom. The van der Waals surface area contributed by atoms with Crippen molar-refractivity contribution in [2.45, 2.75) is 0 Å². The summed E-state index contributed by atoms with van der Waals surface area (Å²) in [5, 5.41) is 4.05. The molecule has 6 heteroatoms. The van der Waals surface area contributed by atoms with Gasteiger partial charge in [-0.3, -0.25) is 9.48 Å². The van der Waals surface area contributed by atoms with Crippen molar-refractivity contribution in [1.29, 1.82) is 0 Å². The Labute approximate surface area is 123 Å². The van der Waals surface area contributed by atoms with Crippen LogP contribution in [0.4, 0.5) is 11.4 Å². The summed E-state index contributed by atoms with van der Waals surface area (Å²) in [6.45, 7) is 2.98. The maximum absolute atomic E-state index is 12.4. The number of hydrogen-bond acceptors (Lipinski definition) is 4. The van der Waals surface area contributed by atoms with Crippen LogP contribution in [-0.4, -0.2) is 46.8 Å². The van der Waals surface area contributed by atoms with Crippen LogP contribution in [0, 0.1) is 0 Å². The molecule has 0 bridgehead atoms. The van der Waals surface area contributed by atoms with E-state index in [0.29, 0.717) is 18.7 Å². The fourth-order valence-corrected chi connectivity index (χ4v) is 2.64. The summed E-state index contributed by atoms with van der Waals surface area (Å²) in [4.78, 5) is 16.4. The third-order valence-electron chi connectivity index (χ3n) is 3.80. The molecule has 1 fully saturated rings. The van der Waals surface area contributed by atoms with Crippen molar-refractivity contribution in [1.82, 2.24) is 14.7 Å². The number of anilines is 2. The van der Waals surface area contributed by atoms with E-state index < -0.39 is 0 Å². The largest absolute Gasteiger partial charge is 0.397 e. The lowest BCUT2D eigenvalue weighted by molar-refractivity contribution is 0.0747. The summed E-state index contributed by atoms with van der Waals surface area (Å²) >= 11 is 0. The molecule has 0 atom stereocenters. The fourth-order valence-electron chi connectivity index (χ4n) is 2.64. The maximum Gasteiger partial charge on any atom is 0.257 e. The Morgan fingerprint density at radius 1 is 1.19 bits per heavy atom. The van der Waals surface area contributed by atoms with Crippen LogP contribution >= 0.6 is 0 Å². The van der Waals surface area contributed by atoms with Crippen LogP contribution in [0.1, 0.15) is 10.4 Å². The van der Waals surface area contributed by atoms with Gasteiger partial charge in [0.15, 0.2) is 0 Å². The molecule has 1 saturated heterocycles. The van der Waals surface area contributed by atoms with Gasteiger partial charge < -0.3 is 15.5 Å². The zero-order chi connectivity index (χ0) is 14.8. The van der Waals surface area contributed by atoms with Crippen LogP contribution in [0.3, 0.4) is 0 Å². The zero-order valence-electron chi connectivity index (χ0n) is 12.1. The number of carbonyl (C=O) groups is 1. The zero-order valence-corrected chi connectivity index (χ0v) is 12.1. The molecular formula is C15H19N5O. The molecule has 1 aliphatic heterocycles. The van der Waals surface area contributed by atoms with Crippen molar-refractivity contribution in [2.75, 3.05) is 36.8 Å². The number of piperazine rings is 1. The van der Waals surface area contributed by atoms with Crippen molar-refractivity contribution in [2.24, 2.45) is 7.05 Å². The Hall–Kier alpha value is -2.50. The highest BCUT2D eigenvalue weighted by Gasteiger charge is 2.23. The van der Waals surface area contributed by atoms with Gasteiger partial charge in [0, 0.05) is 39.4 Å². The summed E-state index contributed by atoms with van der Waals surface area (Å²) in [7, 11) is 1.81. The average Bonchev–Trinajstić information content (AvgIpc) is 2.94. The minimum Gasteiger partial charge on any atom is -0.397 e. The minimum absolute atomic E-state index is 0.0452. The second-order valence-electron chi connectivity index (χ2n) is 5.24. The topological polar surface area (TPSA) is 67.4 Å². The number of rotatable bonds is 2. The second kappa shape index (κ2) is 5.47. The molecule has 2 heterocycles. The molecule has 0 saturated carbocycles. The van der Waals surface area contributed by atoms with Gasteiger partial charge in [-0.2, -0.15) is 5.10 Å². The Balaban J connectivity index is 1.65. The molecule has 6 nitrogen and oxygen atoms in total. The van der Waals surface area contributed by atoms with E-state index in [2.05, 4.69) is 10.00 Å². The molecule has 3 rings (SSSR count). The molecule has 1 aromatic heterocycles. The highest BCUT2D eigenvalue weighted by atomic mass is 16.2. The average molecular weight is 285 g/mol. The lowest BCUT2D eigenvalue weighted by Crippen LogP contribution is -2.48. The van der Waals surface area contributed by atoms with E-state index in [0.717, 1.165) is 24.5 Å². The van der Waals surface area contributed by atoms with Gasteiger partial charge in [0.1, 0.15) is 0 Å². The van der Waals surface area contributed by atoms with E-state index in [-0.39, 0.29) is 5.91 Å². The van der Waals surface area contributed by atoms with Crippen molar-refractivity contribution in [3.63, 3.8) is 0 Å². The third-order valence-corrected chi connectivity index (χ3v) is 3.80. The van der Waals surface area contributed by atoms with Gasteiger partial charge in [-0.15, -0.1) is 0 Å². The van der Waals surface area contributed by atoms with E-state index in [9.17, 15) is 4.79 Å². The molecule has 110 valence electrons. The Bertz CT molecular complexity index is 643. The summed E-state index contributed by atoms with van der Waals surface area (Å²) < 4.78 is 1.65. The smallest absolute Gasteiger partial charge is 0.257 e. The first kappa shape index (κ1) is 13.5. The van der Waals surface area contributed by atoms with Crippen molar-refractivity contribution < 1.29 is 4.79 Å². The molecule has 2 N–H and O–H groups in total. The molecule has 1 amide bonds. The first-order chi connectivity index (χ1) is 10.1. The summed E-state index contributed by atoms with van der Waals surface area (Å²) in [6.07, 6.45) is 3.37. The van der Waals surface area contributed by atoms with Gasteiger partial charge in [0.25, 0.3) is 5.91 Å². The Morgan fingerprint density at radius 2 is 1.90 bits per heavy atom. The van der Waals surface area contributed by atoms with Crippen molar-refractivity contribution >= 4 is 17.3 Å².